The lowest BCUT2D eigenvalue weighted by atomic mass is 10.0. The van der Waals surface area contributed by atoms with Crippen LogP contribution in [-0.4, -0.2) is 53.1 Å². The van der Waals surface area contributed by atoms with Crippen molar-refractivity contribution >= 4 is 35.3 Å². The molecule has 3 saturated heterocycles. The van der Waals surface area contributed by atoms with Gasteiger partial charge in [0.15, 0.2) is 10.2 Å². The Kier molecular flexibility index (Phi) is 5.05. The minimum atomic E-state index is -0.961. The molecule has 3 aliphatic heterocycles. The van der Waals surface area contributed by atoms with Crippen LogP contribution in [0, 0.1) is 0 Å². The average molecular weight is 415 g/mol. The average Bonchev–Trinajstić information content (AvgIpc) is 2.91. The molecule has 5 nitrogen and oxygen atoms in total. The number of hydrogen-bond acceptors (Lipinski definition) is 5. The molecule has 0 radical (unpaired) electrons. The summed E-state index contributed by atoms with van der Waals surface area (Å²) in [6.07, 6.45) is 0.476. The van der Waals surface area contributed by atoms with E-state index >= 15 is 0 Å². The van der Waals surface area contributed by atoms with Gasteiger partial charge in [-0.15, -0.1) is 23.5 Å². The maximum absolute atomic E-state index is 13.4. The Morgan fingerprint density at radius 2 is 1.71 bits per heavy atom. The predicted molar refractivity (Wildman–Crippen MR) is 113 cm³/mol. The molecule has 0 saturated carbocycles. The standard InChI is InChI=1S/C21H22N2O3S2/c1-22-18-17(24)23(2)21(20(22)25,13-14-7-5-4-6-8-14)28-19(27-18)15-9-11-16(26-3)12-10-15/h4-12,18-19H,13H2,1-3H3. The molecule has 3 fully saturated rings. The van der Waals surface area contributed by atoms with Crippen molar-refractivity contribution in [3.05, 3.63) is 65.7 Å². The first-order valence-corrected chi connectivity index (χ1v) is 10.8. The summed E-state index contributed by atoms with van der Waals surface area (Å²) in [6, 6.07) is 17.8. The van der Waals surface area contributed by atoms with Gasteiger partial charge in [0, 0.05) is 20.5 Å². The number of ether oxygens (including phenoxy) is 1. The number of piperazine rings is 1. The molecule has 7 heteroatoms. The van der Waals surface area contributed by atoms with E-state index in [4.69, 9.17) is 4.74 Å². The normalized spacial score (nSPS) is 27.1. The topological polar surface area (TPSA) is 49.9 Å². The molecule has 3 aliphatic rings. The van der Waals surface area contributed by atoms with Crippen LogP contribution in [0.4, 0.5) is 0 Å². The molecule has 0 N–H and O–H groups in total. The van der Waals surface area contributed by atoms with Crippen molar-refractivity contribution in [2.45, 2.75) is 21.2 Å². The van der Waals surface area contributed by atoms with Crippen LogP contribution in [0.15, 0.2) is 54.6 Å². The van der Waals surface area contributed by atoms with Gasteiger partial charge in [0.05, 0.1) is 11.7 Å². The Bertz CT molecular complexity index is 890. The molecule has 0 aromatic heterocycles. The van der Waals surface area contributed by atoms with E-state index in [2.05, 4.69) is 0 Å². The van der Waals surface area contributed by atoms with Crippen LogP contribution >= 0.6 is 23.5 Å². The summed E-state index contributed by atoms with van der Waals surface area (Å²) in [7, 11) is 5.13. The fraction of sp³-hybridized carbons (Fsp3) is 0.333. The van der Waals surface area contributed by atoms with Crippen LogP contribution in [0.5, 0.6) is 5.75 Å². The second-order valence-electron chi connectivity index (χ2n) is 6.97. The van der Waals surface area contributed by atoms with Crippen LogP contribution in [-0.2, 0) is 16.0 Å². The van der Waals surface area contributed by atoms with Crippen molar-refractivity contribution in [1.82, 2.24) is 9.80 Å². The molecule has 0 spiro atoms. The number of carbonyl (C=O) groups is 2. The Balaban J connectivity index is 1.77. The lowest BCUT2D eigenvalue weighted by Crippen LogP contribution is -2.67. The highest BCUT2D eigenvalue weighted by Crippen LogP contribution is 2.57. The van der Waals surface area contributed by atoms with Gasteiger partial charge in [0.25, 0.3) is 11.8 Å². The van der Waals surface area contributed by atoms with Crippen LogP contribution in [0.2, 0.25) is 0 Å². The van der Waals surface area contributed by atoms with Gasteiger partial charge in [-0.2, -0.15) is 0 Å². The Hall–Kier alpha value is -2.12. The van der Waals surface area contributed by atoms with Crippen molar-refractivity contribution in [2.75, 3.05) is 21.2 Å². The summed E-state index contributed by atoms with van der Waals surface area (Å²) in [5.41, 5.74) is 2.11. The number of likely N-dealkylation sites (N-methyl/N-ethyl adjacent to an activating group) is 2. The monoisotopic (exact) mass is 414 g/mol. The number of benzene rings is 2. The highest BCUT2D eigenvalue weighted by molar-refractivity contribution is 8.18. The summed E-state index contributed by atoms with van der Waals surface area (Å²) >= 11 is 3.09. The summed E-state index contributed by atoms with van der Waals surface area (Å²) in [5.74, 6) is 0.749. The third-order valence-corrected chi connectivity index (χ3v) is 8.70. The molecule has 0 aliphatic carbocycles. The number of amides is 2. The number of nitrogens with zero attached hydrogens (tertiary/aromatic N) is 2. The number of carbonyl (C=O) groups excluding carboxylic acids is 2. The second kappa shape index (κ2) is 7.37. The molecule has 3 unspecified atom stereocenters. The molecule has 2 aromatic carbocycles. The first kappa shape index (κ1) is 19.2. The van der Waals surface area contributed by atoms with E-state index in [0.717, 1.165) is 16.9 Å². The van der Waals surface area contributed by atoms with Crippen LogP contribution in [0.3, 0.4) is 0 Å². The van der Waals surface area contributed by atoms with Gasteiger partial charge in [-0.25, -0.2) is 0 Å². The fourth-order valence-corrected chi connectivity index (χ4v) is 7.16. The van der Waals surface area contributed by atoms with E-state index in [1.165, 1.54) is 11.8 Å². The number of thioether (sulfide) groups is 2. The molecule has 5 rings (SSSR count). The Morgan fingerprint density at radius 1 is 1.04 bits per heavy atom. The van der Waals surface area contributed by atoms with Crippen LogP contribution < -0.4 is 4.74 Å². The van der Waals surface area contributed by atoms with E-state index in [1.54, 1.807) is 42.8 Å². The van der Waals surface area contributed by atoms with Crippen LogP contribution in [0.1, 0.15) is 15.7 Å². The molecular formula is C21H22N2O3S2. The molecule has 3 heterocycles. The lowest BCUT2D eigenvalue weighted by molar-refractivity contribution is -0.156. The zero-order chi connectivity index (χ0) is 19.9. The van der Waals surface area contributed by atoms with Gasteiger partial charge < -0.3 is 14.5 Å². The molecule has 28 heavy (non-hydrogen) atoms. The van der Waals surface area contributed by atoms with Crippen molar-refractivity contribution in [2.24, 2.45) is 0 Å². The Morgan fingerprint density at radius 3 is 2.36 bits per heavy atom. The number of methoxy groups -OCH3 is 1. The largest absolute Gasteiger partial charge is 0.497 e. The minimum absolute atomic E-state index is 0.0167. The molecule has 2 aromatic rings. The van der Waals surface area contributed by atoms with E-state index in [9.17, 15) is 9.59 Å². The van der Waals surface area contributed by atoms with Gasteiger partial charge in [0.2, 0.25) is 0 Å². The lowest BCUT2D eigenvalue weighted by Gasteiger charge is -2.46. The van der Waals surface area contributed by atoms with Gasteiger partial charge >= 0.3 is 0 Å². The zero-order valence-electron chi connectivity index (χ0n) is 16.0. The van der Waals surface area contributed by atoms with E-state index in [1.807, 2.05) is 54.6 Å². The van der Waals surface area contributed by atoms with Crippen molar-refractivity contribution < 1.29 is 14.3 Å². The minimum Gasteiger partial charge on any atom is -0.497 e. The third kappa shape index (κ3) is 3.06. The first-order chi connectivity index (χ1) is 13.5. The molecular weight excluding hydrogens is 392 g/mol. The van der Waals surface area contributed by atoms with Crippen LogP contribution in [0.25, 0.3) is 0 Å². The van der Waals surface area contributed by atoms with E-state index in [0.29, 0.717) is 6.42 Å². The maximum Gasteiger partial charge on any atom is 0.260 e. The molecule has 3 atom stereocenters. The number of hydrogen-bond donors (Lipinski definition) is 0. The molecule has 146 valence electrons. The van der Waals surface area contributed by atoms with Gasteiger partial charge in [0.1, 0.15) is 5.75 Å². The highest BCUT2D eigenvalue weighted by atomic mass is 32.2. The quantitative estimate of drug-likeness (QED) is 0.768. The molecule has 2 amide bonds. The smallest absolute Gasteiger partial charge is 0.260 e. The first-order valence-electron chi connectivity index (χ1n) is 9.02. The second-order valence-corrected chi connectivity index (χ2v) is 9.84. The van der Waals surface area contributed by atoms with Crippen molar-refractivity contribution in [1.29, 1.82) is 0 Å². The summed E-state index contributed by atoms with van der Waals surface area (Å²) in [5, 5.41) is -0.511. The summed E-state index contributed by atoms with van der Waals surface area (Å²) in [6.45, 7) is 0. The molecule has 2 bridgehead atoms. The summed E-state index contributed by atoms with van der Waals surface area (Å²) in [4.78, 5) is 28.9. The van der Waals surface area contributed by atoms with Crippen molar-refractivity contribution in [3.63, 3.8) is 0 Å². The predicted octanol–water partition coefficient (Wildman–Crippen LogP) is 3.37. The third-order valence-electron chi connectivity index (χ3n) is 5.32. The zero-order valence-corrected chi connectivity index (χ0v) is 17.6. The number of fused-ring (bicyclic) bond motifs is 4. The highest BCUT2D eigenvalue weighted by Gasteiger charge is 2.59. The Labute approximate surface area is 173 Å². The van der Waals surface area contributed by atoms with Crippen molar-refractivity contribution in [3.8, 4) is 5.75 Å². The van der Waals surface area contributed by atoms with Gasteiger partial charge in [-0.3, -0.25) is 9.59 Å². The summed E-state index contributed by atoms with van der Waals surface area (Å²) < 4.78 is 5.23. The maximum atomic E-state index is 13.4. The van der Waals surface area contributed by atoms with E-state index in [-0.39, 0.29) is 16.4 Å². The van der Waals surface area contributed by atoms with Gasteiger partial charge in [-0.1, -0.05) is 42.5 Å². The number of rotatable bonds is 4. The van der Waals surface area contributed by atoms with Gasteiger partial charge in [-0.05, 0) is 23.3 Å². The van der Waals surface area contributed by atoms with E-state index < -0.39 is 10.2 Å². The fourth-order valence-electron chi connectivity index (χ4n) is 3.65. The SMILES string of the molecule is COc1ccc(C2SC3C(=O)N(C)C(Cc4ccccc4)(S2)C(=O)N3C)cc1.